The Balaban J connectivity index is 0.0000000930. The molecular weight excluding hydrogens is 1620 g/mol. The lowest BCUT2D eigenvalue weighted by atomic mass is 10.0. The van der Waals surface area contributed by atoms with E-state index in [9.17, 15) is 0 Å². The molecule has 0 aliphatic carbocycles. The van der Waals surface area contributed by atoms with Crippen LogP contribution in [0.25, 0.3) is 243 Å². The van der Waals surface area contributed by atoms with E-state index in [0.29, 0.717) is 0 Å². The molecule has 0 saturated heterocycles. The van der Waals surface area contributed by atoms with Gasteiger partial charge in [0, 0.05) is 124 Å². The van der Waals surface area contributed by atoms with E-state index in [4.69, 9.17) is 27.6 Å². The Morgan fingerprint density at radius 2 is 0.576 bits per heavy atom. The van der Waals surface area contributed by atoms with Crippen LogP contribution in [0.1, 0.15) is 0 Å². The third kappa shape index (κ3) is 12.2. The van der Waals surface area contributed by atoms with E-state index in [1.165, 1.54) is 32.6 Å². The number of hydrogen-bond acceptors (Lipinski definition) is 8. The Morgan fingerprint density at radius 1 is 0.220 bits per heavy atom. The van der Waals surface area contributed by atoms with Gasteiger partial charge in [0.05, 0.1) is 130 Å². The molecule has 0 aliphatic rings. The summed E-state index contributed by atoms with van der Waals surface area (Å²) in [5.41, 5.74) is 32.2. The maximum Gasteiger partial charge on any atom is 0.143 e. The van der Waals surface area contributed by atoms with Crippen LogP contribution in [0, 0.1) is 0 Å². The lowest BCUT2D eigenvalue weighted by molar-refractivity contribution is 0.619. The van der Waals surface area contributed by atoms with E-state index < -0.39 is 0 Å². The zero-order chi connectivity index (χ0) is 86.9. The van der Waals surface area contributed by atoms with Gasteiger partial charge in [0.25, 0.3) is 0 Å². The van der Waals surface area contributed by atoms with Crippen LogP contribution in [0.4, 0.5) is 0 Å². The normalized spacial score (nSPS) is 11.8. The topological polar surface area (TPSA) is 133 Å². The molecule has 29 aromatic rings. The van der Waals surface area contributed by atoms with Crippen molar-refractivity contribution in [3.8, 4) is 78.9 Å². The van der Waals surface area contributed by atoms with E-state index in [0.717, 1.165) is 211 Å². The molecule has 14 heterocycles. The van der Waals surface area contributed by atoms with Crippen molar-refractivity contribution in [1.29, 1.82) is 0 Å². The quantitative estimate of drug-likeness (QED) is 0.140. The number of aromatic nitrogens is 10. The number of fused-ring (bicyclic) bond motifs is 24. The second kappa shape index (κ2) is 30.9. The molecule has 0 fully saturated rings. The number of furan rings is 4. The Bertz CT molecular complexity index is 9530. The number of nitrogens with zero attached hydrogens (tertiary/aromatic N) is 10. The molecule has 0 spiro atoms. The van der Waals surface area contributed by atoms with Crippen LogP contribution >= 0.6 is 0 Å². The zero-order valence-corrected chi connectivity index (χ0v) is 70.8. The second-order valence-electron chi connectivity index (χ2n) is 33.2. The third-order valence-electron chi connectivity index (χ3n) is 25.9. The second-order valence-corrected chi connectivity index (χ2v) is 33.2. The summed E-state index contributed by atoms with van der Waals surface area (Å²) in [4.78, 5) is 19.1. The van der Waals surface area contributed by atoms with Gasteiger partial charge in [-0.3, -0.25) is 18.8 Å². The van der Waals surface area contributed by atoms with Crippen LogP contribution in [0.3, 0.4) is 0 Å². The summed E-state index contributed by atoms with van der Waals surface area (Å²) < 4.78 is 37.2. The van der Waals surface area contributed by atoms with E-state index in [1.54, 1.807) is 25.1 Å². The molecule has 15 aromatic carbocycles. The first-order valence-corrected chi connectivity index (χ1v) is 44.2. The fraction of sp³-hybridized carbons (Fsp3) is 0. The Kier molecular flexibility index (Phi) is 17.6. The average Bonchev–Trinajstić information content (AvgIpc) is 1.45. The average molecular weight is 1700 g/mol. The molecule has 0 bridgehead atoms. The summed E-state index contributed by atoms with van der Waals surface area (Å²) >= 11 is 0. The van der Waals surface area contributed by atoms with Crippen molar-refractivity contribution in [3.05, 3.63) is 450 Å². The van der Waals surface area contributed by atoms with Gasteiger partial charge in [0.2, 0.25) is 0 Å². The van der Waals surface area contributed by atoms with Crippen molar-refractivity contribution in [2.45, 2.75) is 0 Å². The largest absolute Gasteiger partial charge is 0.464 e. The van der Waals surface area contributed by atoms with Crippen LogP contribution in [-0.4, -0.2) is 47.0 Å². The van der Waals surface area contributed by atoms with Gasteiger partial charge in [-0.1, -0.05) is 212 Å². The van der Waals surface area contributed by atoms with Crippen molar-refractivity contribution >= 4 is 164 Å². The molecule has 29 rings (SSSR count). The Labute approximate surface area is 753 Å². The summed E-state index contributed by atoms with van der Waals surface area (Å²) in [5.74, 6) is 0. The van der Waals surface area contributed by atoms with Gasteiger partial charge in [0.15, 0.2) is 0 Å². The van der Waals surface area contributed by atoms with Gasteiger partial charge in [0.1, 0.15) is 33.6 Å². The minimum Gasteiger partial charge on any atom is -0.464 e. The molecule has 620 valence electrons. The minimum atomic E-state index is 0.932. The summed E-state index contributed by atoms with van der Waals surface area (Å²) in [7, 11) is 0. The van der Waals surface area contributed by atoms with Crippen molar-refractivity contribution in [2.24, 2.45) is 0 Å². The van der Waals surface area contributed by atoms with Crippen molar-refractivity contribution in [2.75, 3.05) is 0 Å². The molecule has 132 heavy (non-hydrogen) atoms. The molecule has 14 aromatic heterocycles. The van der Waals surface area contributed by atoms with E-state index >= 15 is 0 Å². The molecule has 0 unspecified atom stereocenters. The maximum absolute atomic E-state index is 5.93. The van der Waals surface area contributed by atoms with Crippen LogP contribution in [0.2, 0.25) is 0 Å². The monoisotopic (exact) mass is 1690 g/mol. The number of para-hydroxylation sites is 5. The lowest BCUT2D eigenvalue weighted by Crippen LogP contribution is -1.95. The highest BCUT2D eigenvalue weighted by Gasteiger charge is 2.25. The predicted octanol–water partition coefficient (Wildman–Crippen LogP) is 30.8. The summed E-state index contributed by atoms with van der Waals surface area (Å²) in [6.07, 6.45) is 14.9. The van der Waals surface area contributed by atoms with Crippen LogP contribution < -0.4 is 0 Å². The van der Waals surface area contributed by atoms with E-state index in [2.05, 4.69) is 383 Å². The predicted molar refractivity (Wildman–Crippen MR) is 537 cm³/mol. The molecule has 0 saturated carbocycles. The number of rotatable bonds is 9. The SMILES string of the molecule is c1cc(-n2c3ccccc3c3c4occc4ccc32)c2cccnc2c1.c1ccc(-c2c(-c3ccc(-n4c5ccccc5c5c6occc6ccc54)cc3)nc3ccccn23)cc1.c1ccc(-c2nc3ccccn3c2-c2ccc(-n3c4ccccc4c4c5occc5ccc43)cc2)cc1.c1cnc2c(-c3ccc(-n4c5ccccc5c5c6occc6ccc54)cc3)cccc2c1. The Morgan fingerprint density at radius 3 is 1.05 bits per heavy atom. The number of benzene rings is 15. The van der Waals surface area contributed by atoms with Crippen LogP contribution in [-0.2, 0) is 0 Å². The maximum atomic E-state index is 5.93. The van der Waals surface area contributed by atoms with Gasteiger partial charge in [-0.2, -0.15) is 0 Å². The molecule has 14 heteroatoms. The first-order valence-electron chi connectivity index (χ1n) is 44.2. The number of imidazole rings is 2. The molecule has 0 radical (unpaired) electrons. The fourth-order valence-electron chi connectivity index (χ4n) is 20.1. The molecule has 0 N–H and O–H groups in total. The van der Waals surface area contributed by atoms with Gasteiger partial charge in [-0.25, -0.2) is 9.97 Å². The van der Waals surface area contributed by atoms with Gasteiger partial charge in [-0.15, -0.1) is 0 Å². The lowest BCUT2D eigenvalue weighted by Gasteiger charge is -2.10. The zero-order valence-electron chi connectivity index (χ0n) is 70.8. The van der Waals surface area contributed by atoms with E-state index in [1.807, 2.05) is 79.1 Å². The minimum absolute atomic E-state index is 0.932. The van der Waals surface area contributed by atoms with E-state index in [-0.39, 0.29) is 0 Å². The van der Waals surface area contributed by atoms with Crippen LogP contribution in [0.5, 0.6) is 0 Å². The highest BCUT2D eigenvalue weighted by atomic mass is 16.3. The molecule has 0 amide bonds. The molecule has 0 aliphatic heterocycles. The van der Waals surface area contributed by atoms with Crippen molar-refractivity contribution in [3.63, 3.8) is 0 Å². The van der Waals surface area contributed by atoms with Crippen molar-refractivity contribution in [1.82, 2.24) is 47.0 Å². The molecule has 14 nitrogen and oxygen atoms in total. The van der Waals surface area contributed by atoms with Crippen LogP contribution in [0.15, 0.2) is 468 Å². The van der Waals surface area contributed by atoms with Gasteiger partial charge >= 0.3 is 0 Å². The first-order chi connectivity index (χ1) is 65.5. The smallest absolute Gasteiger partial charge is 0.143 e. The number of pyridine rings is 4. The molecule has 0 atom stereocenters. The third-order valence-corrected chi connectivity index (χ3v) is 25.9. The molecular formula is C118H74N10O4. The Hall–Kier alpha value is -18.1. The summed E-state index contributed by atoms with van der Waals surface area (Å²) in [6, 6.07) is 140. The summed E-state index contributed by atoms with van der Waals surface area (Å²) in [6.45, 7) is 0. The standard InChI is InChI=1S/2C33H21N3O.C29H18N2O.C23H14N2O/c1-2-8-23(9-3-1)32-31(34-29-12-6-7-20-35(29)32)22-13-16-25(17-14-22)36-27-11-5-4-10-26(27)30-28(36)18-15-24-19-21-37-33(24)30;1-2-8-22(9-3-1)31-32(35-20-7-6-12-29(35)34-31)23-13-16-25(17-14-23)36-27-11-5-4-10-26(27)30-28(36)18-15-24-19-21-37-33(24)30;1-2-9-25-24(7-1)27-26(15-12-21-16-18-32-29(21)27)31(25)22-13-10-19(11-14-22)23-8-3-5-20-6-4-17-30-28(20)23;1-2-8-20-17(5-1)22-21(11-10-15-12-14-26-23(15)22)25(20)19-9-3-7-18-16(19)6-4-13-24-18/h2*1-21H;1-18H;1-14H. The van der Waals surface area contributed by atoms with Crippen molar-refractivity contribution < 1.29 is 17.7 Å². The van der Waals surface area contributed by atoms with Gasteiger partial charge in [-0.05, 0) is 194 Å². The fourth-order valence-corrected chi connectivity index (χ4v) is 20.1. The highest BCUT2D eigenvalue weighted by molar-refractivity contribution is 6.23. The first kappa shape index (κ1) is 75.2. The van der Waals surface area contributed by atoms with Gasteiger partial charge < -0.3 is 35.9 Å². The summed E-state index contributed by atoms with van der Waals surface area (Å²) in [5, 5.41) is 16.2. The number of hydrogen-bond donors (Lipinski definition) is 0. The highest BCUT2D eigenvalue weighted by Crippen LogP contribution is 2.45.